The Balaban J connectivity index is 0.00000240. The minimum absolute atomic E-state index is 0. The number of nitrogens with zero attached hydrogens (tertiary/aromatic N) is 1. The van der Waals surface area contributed by atoms with Gasteiger partial charge in [-0.25, -0.2) is 0 Å². The molecule has 0 bridgehead atoms. The van der Waals surface area contributed by atoms with Crippen LogP contribution in [0.2, 0.25) is 0 Å². The Morgan fingerprint density at radius 2 is 1.79 bits per heavy atom. The van der Waals surface area contributed by atoms with E-state index in [1.807, 2.05) is 23.1 Å². The van der Waals surface area contributed by atoms with E-state index in [0.717, 1.165) is 57.2 Å². The van der Waals surface area contributed by atoms with Gasteiger partial charge in [0.1, 0.15) is 0 Å². The quantitative estimate of drug-likeness (QED) is 0.788. The van der Waals surface area contributed by atoms with Gasteiger partial charge >= 0.3 is 0 Å². The molecular formula is C23H34ClN3O2. The summed E-state index contributed by atoms with van der Waals surface area (Å²) in [6.45, 7) is 5.23. The molecule has 160 valence electrons. The summed E-state index contributed by atoms with van der Waals surface area (Å²) in [6.07, 6.45) is 6.56. The van der Waals surface area contributed by atoms with Crippen LogP contribution in [0.1, 0.15) is 57.9 Å². The average molecular weight is 420 g/mol. The van der Waals surface area contributed by atoms with Crippen molar-refractivity contribution in [1.82, 2.24) is 10.6 Å². The fraction of sp³-hybridized carbons (Fsp3) is 0.652. The normalized spacial score (nSPS) is 31.5. The first-order chi connectivity index (χ1) is 13.5. The molecule has 4 rings (SSSR count). The third-order valence-electron chi connectivity index (χ3n) is 6.83. The number of amides is 2. The second-order valence-electron chi connectivity index (χ2n) is 8.97. The molecule has 2 fully saturated rings. The molecule has 2 amide bonds. The first-order valence-corrected chi connectivity index (χ1v) is 11.0. The fourth-order valence-corrected chi connectivity index (χ4v) is 5.39. The molecule has 5 unspecified atom stereocenters. The summed E-state index contributed by atoms with van der Waals surface area (Å²) in [5.41, 5.74) is 2.28. The standard InChI is InChI=1S/C23H33N3O2.ClH/c1-15-13-18(11-12-24-15)25-22(27)19-8-4-5-9-20(19)23(28)26-16(2)14-17-7-3-6-10-21(17)26;/h3,6-7,10,15-16,18-20,24H,4-5,8-9,11-14H2,1-2H3,(H,25,27);1H. The van der Waals surface area contributed by atoms with Crippen LogP contribution in [0.3, 0.4) is 0 Å². The third kappa shape index (κ3) is 4.61. The van der Waals surface area contributed by atoms with Gasteiger partial charge in [-0.3, -0.25) is 9.59 Å². The van der Waals surface area contributed by atoms with E-state index in [0.29, 0.717) is 6.04 Å². The van der Waals surface area contributed by atoms with Gasteiger partial charge in [-0.15, -0.1) is 12.4 Å². The number of hydrogen-bond acceptors (Lipinski definition) is 3. The highest BCUT2D eigenvalue weighted by atomic mass is 35.5. The first-order valence-electron chi connectivity index (χ1n) is 11.0. The minimum Gasteiger partial charge on any atom is -0.353 e. The molecule has 1 saturated heterocycles. The van der Waals surface area contributed by atoms with E-state index in [-0.39, 0.29) is 48.1 Å². The highest BCUT2D eigenvalue weighted by Crippen LogP contribution is 2.38. The zero-order valence-corrected chi connectivity index (χ0v) is 18.3. The number of hydrogen-bond donors (Lipinski definition) is 2. The largest absolute Gasteiger partial charge is 0.353 e. The number of nitrogens with one attached hydrogen (secondary N) is 2. The van der Waals surface area contributed by atoms with Crippen molar-refractivity contribution >= 4 is 29.9 Å². The van der Waals surface area contributed by atoms with Gasteiger partial charge < -0.3 is 15.5 Å². The van der Waals surface area contributed by atoms with Gasteiger partial charge in [0.05, 0.1) is 5.92 Å². The number of rotatable bonds is 3. The van der Waals surface area contributed by atoms with Crippen molar-refractivity contribution in [3.05, 3.63) is 29.8 Å². The summed E-state index contributed by atoms with van der Waals surface area (Å²) in [5, 5.41) is 6.71. The Labute approximate surface area is 180 Å². The molecule has 1 aliphatic carbocycles. The van der Waals surface area contributed by atoms with Gasteiger partial charge in [0, 0.05) is 29.7 Å². The summed E-state index contributed by atoms with van der Waals surface area (Å²) >= 11 is 0. The van der Waals surface area contributed by atoms with Crippen molar-refractivity contribution in [1.29, 1.82) is 0 Å². The zero-order valence-electron chi connectivity index (χ0n) is 17.5. The van der Waals surface area contributed by atoms with Crippen LogP contribution >= 0.6 is 12.4 Å². The van der Waals surface area contributed by atoms with Crippen molar-refractivity contribution in [2.45, 2.75) is 76.9 Å². The maximum Gasteiger partial charge on any atom is 0.231 e. The SMILES string of the molecule is CC1CC(NC(=O)C2CCCCC2C(=O)N2c3ccccc3CC2C)CCN1.Cl. The van der Waals surface area contributed by atoms with Gasteiger partial charge in [-0.1, -0.05) is 31.0 Å². The minimum atomic E-state index is -0.193. The van der Waals surface area contributed by atoms with E-state index in [1.54, 1.807) is 0 Å². The third-order valence-corrected chi connectivity index (χ3v) is 6.83. The van der Waals surface area contributed by atoms with Gasteiger partial charge in [0.15, 0.2) is 0 Å². The molecule has 2 N–H and O–H groups in total. The number of benzene rings is 1. The molecule has 1 aromatic rings. The monoisotopic (exact) mass is 419 g/mol. The van der Waals surface area contributed by atoms with Crippen molar-refractivity contribution in [3.63, 3.8) is 0 Å². The number of carbonyl (C=O) groups is 2. The average Bonchev–Trinajstić information content (AvgIpc) is 3.03. The summed E-state index contributed by atoms with van der Waals surface area (Å²) < 4.78 is 0. The Bertz CT molecular complexity index is 741. The fourth-order valence-electron chi connectivity index (χ4n) is 5.39. The van der Waals surface area contributed by atoms with Crippen LogP contribution in [0.5, 0.6) is 0 Å². The lowest BCUT2D eigenvalue weighted by Gasteiger charge is -2.36. The maximum atomic E-state index is 13.6. The zero-order chi connectivity index (χ0) is 19.7. The van der Waals surface area contributed by atoms with E-state index < -0.39 is 0 Å². The van der Waals surface area contributed by atoms with Gasteiger partial charge in [-0.05, 0) is 64.1 Å². The van der Waals surface area contributed by atoms with Crippen LogP contribution in [-0.2, 0) is 16.0 Å². The van der Waals surface area contributed by atoms with Crippen molar-refractivity contribution in [3.8, 4) is 0 Å². The molecule has 0 radical (unpaired) electrons. The molecule has 0 aromatic heterocycles. The number of piperidine rings is 1. The van der Waals surface area contributed by atoms with Gasteiger partial charge in [0.25, 0.3) is 0 Å². The number of para-hydroxylation sites is 1. The van der Waals surface area contributed by atoms with Crippen LogP contribution in [-0.4, -0.2) is 36.5 Å². The molecule has 3 aliphatic rings. The summed E-state index contributed by atoms with van der Waals surface area (Å²) in [5.74, 6) is -0.138. The van der Waals surface area contributed by atoms with Crippen molar-refractivity contribution in [2.24, 2.45) is 11.8 Å². The smallest absolute Gasteiger partial charge is 0.231 e. The highest BCUT2D eigenvalue weighted by molar-refractivity contribution is 6.00. The summed E-state index contributed by atoms with van der Waals surface area (Å²) in [7, 11) is 0. The predicted molar refractivity (Wildman–Crippen MR) is 118 cm³/mol. The van der Waals surface area contributed by atoms with Crippen LogP contribution in [0, 0.1) is 11.8 Å². The lowest BCUT2D eigenvalue weighted by atomic mass is 9.77. The molecule has 5 nitrogen and oxygen atoms in total. The van der Waals surface area contributed by atoms with Gasteiger partial charge in [-0.2, -0.15) is 0 Å². The number of halogens is 1. The number of anilines is 1. The predicted octanol–water partition coefficient (Wildman–Crippen LogP) is 3.45. The molecule has 29 heavy (non-hydrogen) atoms. The second-order valence-corrected chi connectivity index (χ2v) is 8.97. The Hall–Kier alpha value is -1.59. The Kier molecular flexibility index (Phi) is 7.23. The molecule has 2 aliphatic heterocycles. The number of carbonyl (C=O) groups excluding carboxylic acids is 2. The maximum absolute atomic E-state index is 13.6. The van der Waals surface area contributed by atoms with E-state index in [9.17, 15) is 9.59 Å². The molecule has 0 spiro atoms. The topological polar surface area (TPSA) is 61.4 Å². The second kappa shape index (κ2) is 9.48. The Morgan fingerprint density at radius 3 is 2.55 bits per heavy atom. The molecule has 1 aromatic carbocycles. The van der Waals surface area contributed by atoms with E-state index in [1.165, 1.54) is 5.56 Å². The van der Waals surface area contributed by atoms with E-state index in [2.05, 4.69) is 30.5 Å². The lowest BCUT2D eigenvalue weighted by Crippen LogP contribution is -2.51. The van der Waals surface area contributed by atoms with Crippen molar-refractivity contribution < 1.29 is 9.59 Å². The highest BCUT2D eigenvalue weighted by Gasteiger charge is 2.42. The lowest BCUT2D eigenvalue weighted by molar-refractivity contribution is -0.136. The Morgan fingerprint density at radius 1 is 1.07 bits per heavy atom. The summed E-state index contributed by atoms with van der Waals surface area (Å²) in [6, 6.07) is 9.03. The summed E-state index contributed by atoms with van der Waals surface area (Å²) in [4.78, 5) is 28.7. The molecule has 2 heterocycles. The van der Waals surface area contributed by atoms with Crippen LogP contribution in [0.15, 0.2) is 24.3 Å². The molecule has 5 atom stereocenters. The van der Waals surface area contributed by atoms with Gasteiger partial charge in [0.2, 0.25) is 11.8 Å². The molecule has 1 saturated carbocycles. The van der Waals surface area contributed by atoms with Crippen LogP contribution < -0.4 is 15.5 Å². The molecular weight excluding hydrogens is 386 g/mol. The van der Waals surface area contributed by atoms with Crippen LogP contribution in [0.25, 0.3) is 0 Å². The van der Waals surface area contributed by atoms with E-state index in [4.69, 9.17) is 0 Å². The molecule has 6 heteroatoms. The number of fused-ring (bicyclic) bond motifs is 1. The van der Waals surface area contributed by atoms with Crippen molar-refractivity contribution in [2.75, 3.05) is 11.4 Å². The first kappa shape index (κ1) is 22.1. The van der Waals surface area contributed by atoms with Crippen LogP contribution in [0.4, 0.5) is 5.69 Å². The van der Waals surface area contributed by atoms with E-state index >= 15 is 0 Å².